The first-order valence-corrected chi connectivity index (χ1v) is 8.32. The molecule has 4 heteroatoms. The predicted octanol–water partition coefficient (Wildman–Crippen LogP) is 4.19. The molecule has 0 saturated heterocycles. The summed E-state index contributed by atoms with van der Waals surface area (Å²) in [5.41, 5.74) is 2.37. The number of fused-ring (bicyclic) bond motifs is 1. The van der Waals surface area contributed by atoms with Crippen LogP contribution in [0, 0.1) is 11.8 Å². The van der Waals surface area contributed by atoms with E-state index in [9.17, 15) is 5.11 Å². The van der Waals surface area contributed by atoms with Crippen molar-refractivity contribution in [1.29, 1.82) is 0 Å². The molecule has 2 atom stereocenters. The van der Waals surface area contributed by atoms with E-state index in [1.54, 1.807) is 13.2 Å². The standard InChI is InChI=1S/C20H24O4/c1-13(9-15-7-8-17(21)19(11-15)22-3)14(2)10-16-5-4-6-18-20(16)24-12-23-18/h4-8,11,13-14,21H,9-10,12H2,1-3H3/t13-,14+/m1/s1. The van der Waals surface area contributed by atoms with Crippen LogP contribution >= 0.6 is 0 Å². The fourth-order valence-electron chi connectivity index (χ4n) is 3.12. The summed E-state index contributed by atoms with van der Waals surface area (Å²) in [6.45, 7) is 4.83. The van der Waals surface area contributed by atoms with Gasteiger partial charge in [-0.2, -0.15) is 0 Å². The van der Waals surface area contributed by atoms with Crippen LogP contribution in [0.2, 0.25) is 0 Å². The van der Waals surface area contributed by atoms with Crippen LogP contribution in [0.1, 0.15) is 25.0 Å². The number of hydrogen-bond donors (Lipinski definition) is 1. The van der Waals surface area contributed by atoms with Crippen LogP contribution in [0.4, 0.5) is 0 Å². The van der Waals surface area contributed by atoms with Crippen molar-refractivity contribution in [3.63, 3.8) is 0 Å². The molecule has 1 aliphatic rings. The van der Waals surface area contributed by atoms with Crippen LogP contribution < -0.4 is 14.2 Å². The highest BCUT2D eigenvalue weighted by Gasteiger charge is 2.21. The van der Waals surface area contributed by atoms with Gasteiger partial charge in [0.15, 0.2) is 23.0 Å². The molecular weight excluding hydrogens is 304 g/mol. The summed E-state index contributed by atoms with van der Waals surface area (Å²) >= 11 is 0. The minimum Gasteiger partial charge on any atom is -0.504 e. The lowest BCUT2D eigenvalue weighted by Gasteiger charge is -2.21. The largest absolute Gasteiger partial charge is 0.504 e. The van der Waals surface area contributed by atoms with Crippen molar-refractivity contribution in [2.24, 2.45) is 11.8 Å². The molecule has 4 nitrogen and oxygen atoms in total. The van der Waals surface area contributed by atoms with Gasteiger partial charge in [-0.3, -0.25) is 0 Å². The van der Waals surface area contributed by atoms with E-state index in [0.717, 1.165) is 24.3 Å². The molecule has 0 aliphatic carbocycles. The van der Waals surface area contributed by atoms with Gasteiger partial charge in [0, 0.05) is 0 Å². The first-order chi connectivity index (χ1) is 11.6. The monoisotopic (exact) mass is 328 g/mol. The zero-order valence-corrected chi connectivity index (χ0v) is 14.4. The average molecular weight is 328 g/mol. The van der Waals surface area contributed by atoms with E-state index in [-0.39, 0.29) is 5.75 Å². The number of phenolic OH excluding ortho intramolecular Hbond substituents is 1. The summed E-state index contributed by atoms with van der Waals surface area (Å²) in [4.78, 5) is 0. The molecule has 3 rings (SSSR count). The van der Waals surface area contributed by atoms with Crippen molar-refractivity contribution in [3.05, 3.63) is 47.5 Å². The zero-order chi connectivity index (χ0) is 17.1. The van der Waals surface area contributed by atoms with Crippen molar-refractivity contribution in [2.75, 3.05) is 13.9 Å². The molecule has 24 heavy (non-hydrogen) atoms. The van der Waals surface area contributed by atoms with Crippen LogP contribution in [-0.2, 0) is 12.8 Å². The Hall–Kier alpha value is -2.36. The fourth-order valence-corrected chi connectivity index (χ4v) is 3.12. The highest BCUT2D eigenvalue weighted by atomic mass is 16.7. The Kier molecular flexibility index (Phi) is 4.84. The first-order valence-electron chi connectivity index (χ1n) is 8.32. The van der Waals surface area contributed by atoms with E-state index >= 15 is 0 Å². The lowest BCUT2D eigenvalue weighted by molar-refractivity contribution is 0.173. The predicted molar refractivity (Wildman–Crippen MR) is 93.0 cm³/mol. The van der Waals surface area contributed by atoms with Gasteiger partial charge in [0.2, 0.25) is 6.79 Å². The Morgan fingerprint density at radius 3 is 2.67 bits per heavy atom. The minimum absolute atomic E-state index is 0.180. The number of benzene rings is 2. The molecule has 2 aromatic rings. The van der Waals surface area contributed by atoms with Gasteiger partial charge in [-0.25, -0.2) is 0 Å². The summed E-state index contributed by atoms with van der Waals surface area (Å²) in [5.74, 6) is 3.41. The summed E-state index contributed by atoms with van der Waals surface area (Å²) in [6, 6.07) is 11.6. The quantitative estimate of drug-likeness (QED) is 0.864. The molecule has 1 aliphatic heterocycles. The van der Waals surface area contributed by atoms with Gasteiger partial charge in [0.1, 0.15) is 0 Å². The summed E-state index contributed by atoms with van der Waals surface area (Å²) in [6.07, 6.45) is 1.88. The summed E-state index contributed by atoms with van der Waals surface area (Å²) in [5, 5.41) is 9.71. The number of methoxy groups -OCH3 is 1. The van der Waals surface area contributed by atoms with Gasteiger partial charge in [-0.05, 0) is 54.0 Å². The Morgan fingerprint density at radius 1 is 1.08 bits per heavy atom. The van der Waals surface area contributed by atoms with Crippen molar-refractivity contribution in [1.82, 2.24) is 0 Å². The minimum atomic E-state index is 0.180. The van der Waals surface area contributed by atoms with Gasteiger partial charge in [0.05, 0.1) is 7.11 Å². The molecule has 2 aromatic carbocycles. The smallest absolute Gasteiger partial charge is 0.231 e. The molecule has 1 N–H and O–H groups in total. The number of para-hydroxylation sites is 1. The molecule has 0 amide bonds. The average Bonchev–Trinajstić information content (AvgIpc) is 3.06. The highest BCUT2D eigenvalue weighted by Crippen LogP contribution is 2.37. The summed E-state index contributed by atoms with van der Waals surface area (Å²) in [7, 11) is 1.57. The normalized spacial score (nSPS) is 15.1. The van der Waals surface area contributed by atoms with Crippen LogP contribution in [-0.4, -0.2) is 19.0 Å². The van der Waals surface area contributed by atoms with Crippen molar-refractivity contribution in [3.8, 4) is 23.0 Å². The number of rotatable bonds is 6. The molecule has 0 unspecified atom stereocenters. The number of ether oxygens (including phenoxy) is 3. The number of phenols is 1. The van der Waals surface area contributed by atoms with E-state index in [4.69, 9.17) is 14.2 Å². The van der Waals surface area contributed by atoms with Gasteiger partial charge in [-0.15, -0.1) is 0 Å². The third-order valence-electron chi connectivity index (χ3n) is 4.79. The molecule has 0 fully saturated rings. The second kappa shape index (κ2) is 7.04. The van der Waals surface area contributed by atoms with Crippen molar-refractivity contribution >= 4 is 0 Å². The van der Waals surface area contributed by atoms with Crippen LogP contribution in [0.25, 0.3) is 0 Å². The zero-order valence-electron chi connectivity index (χ0n) is 14.4. The maximum Gasteiger partial charge on any atom is 0.231 e. The van der Waals surface area contributed by atoms with Crippen LogP contribution in [0.3, 0.4) is 0 Å². The molecule has 0 aromatic heterocycles. The SMILES string of the molecule is COc1cc(C[C@@H](C)[C@@H](C)Cc2cccc3c2OCO3)ccc1O. The van der Waals surface area contributed by atoms with Gasteiger partial charge in [-0.1, -0.05) is 32.0 Å². The maximum absolute atomic E-state index is 9.71. The number of hydrogen-bond acceptors (Lipinski definition) is 4. The van der Waals surface area contributed by atoms with E-state index in [1.165, 1.54) is 11.1 Å². The van der Waals surface area contributed by atoms with Crippen molar-refractivity contribution < 1.29 is 19.3 Å². The molecular formula is C20H24O4. The van der Waals surface area contributed by atoms with Crippen LogP contribution in [0.15, 0.2) is 36.4 Å². The Labute approximate surface area is 143 Å². The highest BCUT2D eigenvalue weighted by molar-refractivity contribution is 5.48. The Bertz CT molecular complexity index is 711. The second-order valence-corrected chi connectivity index (χ2v) is 6.52. The van der Waals surface area contributed by atoms with Crippen LogP contribution in [0.5, 0.6) is 23.0 Å². The molecule has 0 spiro atoms. The Balaban J connectivity index is 1.67. The lowest BCUT2D eigenvalue weighted by Crippen LogP contribution is -2.14. The fraction of sp³-hybridized carbons (Fsp3) is 0.400. The third kappa shape index (κ3) is 3.42. The van der Waals surface area contributed by atoms with E-state index < -0.39 is 0 Å². The topological polar surface area (TPSA) is 47.9 Å². The molecule has 128 valence electrons. The lowest BCUT2D eigenvalue weighted by atomic mass is 9.85. The van der Waals surface area contributed by atoms with E-state index in [2.05, 4.69) is 19.9 Å². The van der Waals surface area contributed by atoms with Gasteiger partial charge in [0.25, 0.3) is 0 Å². The van der Waals surface area contributed by atoms with E-state index in [1.807, 2.05) is 24.3 Å². The summed E-state index contributed by atoms with van der Waals surface area (Å²) < 4.78 is 16.3. The molecule has 0 saturated carbocycles. The number of aromatic hydroxyl groups is 1. The third-order valence-corrected chi connectivity index (χ3v) is 4.79. The van der Waals surface area contributed by atoms with Gasteiger partial charge < -0.3 is 19.3 Å². The Morgan fingerprint density at radius 2 is 1.88 bits per heavy atom. The van der Waals surface area contributed by atoms with E-state index in [0.29, 0.717) is 24.4 Å². The molecule has 0 bridgehead atoms. The maximum atomic E-state index is 9.71. The molecule has 1 heterocycles. The second-order valence-electron chi connectivity index (χ2n) is 6.52. The van der Waals surface area contributed by atoms with Gasteiger partial charge >= 0.3 is 0 Å². The molecule has 0 radical (unpaired) electrons. The van der Waals surface area contributed by atoms with Crippen molar-refractivity contribution in [2.45, 2.75) is 26.7 Å². The first kappa shape index (κ1) is 16.5.